The molecule has 0 saturated heterocycles. The van der Waals surface area contributed by atoms with E-state index in [1.807, 2.05) is 19.0 Å². The molecule has 4 heteroatoms. The molecule has 1 aromatic rings. The number of hydrogen-bond acceptors (Lipinski definition) is 4. The highest BCUT2D eigenvalue weighted by molar-refractivity contribution is 7.19. The van der Waals surface area contributed by atoms with E-state index in [1.54, 1.807) is 11.3 Å². The van der Waals surface area contributed by atoms with Crippen LogP contribution in [0.2, 0.25) is 0 Å². The molecule has 0 aliphatic rings. The maximum Gasteiger partial charge on any atom is 0.187 e. The van der Waals surface area contributed by atoms with Crippen LogP contribution in [0.1, 0.15) is 25.5 Å². The summed E-state index contributed by atoms with van der Waals surface area (Å²) in [5.41, 5.74) is 6.83. The van der Waals surface area contributed by atoms with Crippen molar-refractivity contribution in [1.82, 2.24) is 4.98 Å². The zero-order chi connectivity index (χ0) is 9.30. The molecule has 1 aromatic heterocycles. The highest BCUT2D eigenvalue weighted by Crippen LogP contribution is 2.31. The van der Waals surface area contributed by atoms with Gasteiger partial charge in [-0.15, -0.1) is 0 Å². The first-order valence-corrected chi connectivity index (χ1v) is 4.77. The number of nitrogen functional groups attached to an aromatic ring is 1. The summed E-state index contributed by atoms with van der Waals surface area (Å²) < 4.78 is 0. The van der Waals surface area contributed by atoms with E-state index >= 15 is 0 Å². The van der Waals surface area contributed by atoms with E-state index in [4.69, 9.17) is 5.73 Å². The molecule has 1 heterocycles. The van der Waals surface area contributed by atoms with E-state index in [9.17, 15) is 0 Å². The van der Waals surface area contributed by atoms with Crippen LogP contribution in [0.5, 0.6) is 0 Å². The lowest BCUT2D eigenvalue weighted by Gasteiger charge is -2.05. The fraction of sp³-hybridized carbons (Fsp3) is 0.625. The Labute approximate surface area is 77.2 Å². The largest absolute Gasteiger partial charge is 0.389 e. The normalized spacial score (nSPS) is 10.8. The van der Waals surface area contributed by atoms with Crippen LogP contribution in [-0.4, -0.2) is 19.1 Å². The van der Waals surface area contributed by atoms with Crippen molar-refractivity contribution in [3.63, 3.8) is 0 Å². The summed E-state index contributed by atoms with van der Waals surface area (Å²) in [6.07, 6.45) is 0. The SMILES string of the molecule is CC(C)c1nc(N(C)C)sc1N. The molecule has 0 saturated carbocycles. The molecule has 0 atom stereocenters. The lowest BCUT2D eigenvalue weighted by molar-refractivity contribution is 0.833. The second-order valence-corrected chi connectivity index (χ2v) is 4.30. The van der Waals surface area contributed by atoms with Gasteiger partial charge in [0.2, 0.25) is 0 Å². The van der Waals surface area contributed by atoms with Crippen molar-refractivity contribution in [3.05, 3.63) is 5.69 Å². The number of aromatic nitrogens is 1. The fourth-order valence-corrected chi connectivity index (χ4v) is 1.85. The molecular formula is C8H15N3S. The van der Waals surface area contributed by atoms with Gasteiger partial charge in [-0.3, -0.25) is 0 Å². The summed E-state index contributed by atoms with van der Waals surface area (Å²) in [6, 6.07) is 0. The predicted molar refractivity (Wildman–Crippen MR) is 54.9 cm³/mol. The van der Waals surface area contributed by atoms with Crippen LogP contribution in [0, 0.1) is 0 Å². The summed E-state index contributed by atoms with van der Waals surface area (Å²) in [4.78, 5) is 6.41. The van der Waals surface area contributed by atoms with E-state index in [1.165, 1.54) is 0 Å². The minimum atomic E-state index is 0.412. The Morgan fingerprint density at radius 1 is 1.42 bits per heavy atom. The molecule has 0 aliphatic carbocycles. The molecule has 0 bridgehead atoms. The molecule has 0 aromatic carbocycles. The van der Waals surface area contributed by atoms with Crippen molar-refractivity contribution in [3.8, 4) is 0 Å². The van der Waals surface area contributed by atoms with Crippen LogP contribution in [0.25, 0.3) is 0 Å². The minimum Gasteiger partial charge on any atom is -0.389 e. The summed E-state index contributed by atoms with van der Waals surface area (Å²) in [5.74, 6) is 0.412. The average Bonchev–Trinajstić information content (AvgIpc) is 2.30. The first-order chi connectivity index (χ1) is 5.52. The van der Waals surface area contributed by atoms with Crippen molar-refractivity contribution < 1.29 is 0 Å². The Hall–Kier alpha value is -0.770. The lowest BCUT2D eigenvalue weighted by atomic mass is 10.1. The molecule has 12 heavy (non-hydrogen) atoms. The van der Waals surface area contributed by atoms with E-state index in [2.05, 4.69) is 18.8 Å². The summed E-state index contributed by atoms with van der Waals surface area (Å²) >= 11 is 1.54. The van der Waals surface area contributed by atoms with E-state index < -0.39 is 0 Å². The Balaban J connectivity index is 3.00. The molecule has 0 spiro atoms. The maximum atomic E-state index is 5.81. The predicted octanol–water partition coefficient (Wildman–Crippen LogP) is 1.91. The Kier molecular flexibility index (Phi) is 2.57. The fourth-order valence-electron chi connectivity index (χ4n) is 0.936. The van der Waals surface area contributed by atoms with Gasteiger partial charge in [-0.2, -0.15) is 0 Å². The smallest absolute Gasteiger partial charge is 0.187 e. The molecule has 1 rings (SSSR count). The van der Waals surface area contributed by atoms with Gasteiger partial charge in [0.05, 0.1) is 5.69 Å². The number of thiazole rings is 1. The summed E-state index contributed by atoms with van der Waals surface area (Å²) in [6.45, 7) is 4.20. The van der Waals surface area contributed by atoms with Crippen molar-refractivity contribution >= 4 is 21.5 Å². The van der Waals surface area contributed by atoms with Crippen LogP contribution in [0.15, 0.2) is 0 Å². The topological polar surface area (TPSA) is 42.2 Å². The van der Waals surface area contributed by atoms with Gasteiger partial charge >= 0.3 is 0 Å². The van der Waals surface area contributed by atoms with Gasteiger partial charge in [0, 0.05) is 14.1 Å². The van der Waals surface area contributed by atoms with Crippen LogP contribution in [-0.2, 0) is 0 Å². The minimum absolute atomic E-state index is 0.412. The Morgan fingerprint density at radius 2 is 2.00 bits per heavy atom. The quantitative estimate of drug-likeness (QED) is 0.765. The third-order valence-electron chi connectivity index (χ3n) is 1.60. The third-order valence-corrected chi connectivity index (χ3v) is 2.67. The third kappa shape index (κ3) is 1.69. The molecule has 0 fully saturated rings. The van der Waals surface area contributed by atoms with E-state index in [0.29, 0.717) is 5.92 Å². The molecule has 3 nitrogen and oxygen atoms in total. The van der Waals surface area contributed by atoms with E-state index in [0.717, 1.165) is 15.8 Å². The molecule has 0 aliphatic heterocycles. The first-order valence-electron chi connectivity index (χ1n) is 3.96. The number of nitrogens with zero attached hydrogens (tertiary/aromatic N) is 2. The number of anilines is 2. The lowest BCUT2D eigenvalue weighted by Crippen LogP contribution is -2.08. The first kappa shape index (κ1) is 9.32. The standard InChI is InChI=1S/C8H15N3S/c1-5(2)6-7(9)12-8(10-6)11(3)4/h5H,9H2,1-4H3. The van der Waals surface area contributed by atoms with Gasteiger partial charge in [-0.05, 0) is 5.92 Å². The Bertz CT molecular complexity index is 265. The molecule has 68 valence electrons. The number of rotatable bonds is 2. The zero-order valence-corrected chi connectivity index (χ0v) is 8.77. The van der Waals surface area contributed by atoms with Gasteiger partial charge in [-0.1, -0.05) is 25.2 Å². The number of nitrogens with two attached hydrogens (primary N) is 1. The van der Waals surface area contributed by atoms with Crippen LogP contribution < -0.4 is 10.6 Å². The molecule has 0 radical (unpaired) electrons. The molecule has 0 amide bonds. The van der Waals surface area contributed by atoms with Crippen molar-refractivity contribution in [2.45, 2.75) is 19.8 Å². The van der Waals surface area contributed by atoms with Crippen LogP contribution in [0.3, 0.4) is 0 Å². The second kappa shape index (κ2) is 3.31. The Morgan fingerprint density at radius 3 is 2.25 bits per heavy atom. The monoisotopic (exact) mass is 185 g/mol. The van der Waals surface area contributed by atoms with Gasteiger partial charge in [-0.25, -0.2) is 4.98 Å². The van der Waals surface area contributed by atoms with Gasteiger partial charge < -0.3 is 10.6 Å². The average molecular weight is 185 g/mol. The van der Waals surface area contributed by atoms with Gasteiger partial charge in [0.1, 0.15) is 5.00 Å². The number of hydrogen-bond donors (Lipinski definition) is 1. The van der Waals surface area contributed by atoms with Crippen molar-refractivity contribution in [2.24, 2.45) is 0 Å². The van der Waals surface area contributed by atoms with Crippen LogP contribution >= 0.6 is 11.3 Å². The summed E-state index contributed by atoms with van der Waals surface area (Å²) in [7, 11) is 3.95. The van der Waals surface area contributed by atoms with E-state index in [-0.39, 0.29) is 0 Å². The zero-order valence-electron chi connectivity index (χ0n) is 7.96. The van der Waals surface area contributed by atoms with Crippen LogP contribution in [0.4, 0.5) is 10.1 Å². The molecular weight excluding hydrogens is 170 g/mol. The summed E-state index contributed by atoms with van der Waals surface area (Å²) in [5, 5.41) is 1.82. The highest BCUT2D eigenvalue weighted by atomic mass is 32.1. The maximum absolute atomic E-state index is 5.81. The molecule has 0 unspecified atom stereocenters. The van der Waals surface area contributed by atoms with Crippen molar-refractivity contribution in [2.75, 3.05) is 24.7 Å². The highest BCUT2D eigenvalue weighted by Gasteiger charge is 2.12. The van der Waals surface area contributed by atoms with Gasteiger partial charge in [0.25, 0.3) is 0 Å². The second-order valence-electron chi connectivity index (χ2n) is 3.30. The van der Waals surface area contributed by atoms with Gasteiger partial charge in [0.15, 0.2) is 5.13 Å². The van der Waals surface area contributed by atoms with Crippen molar-refractivity contribution in [1.29, 1.82) is 0 Å². The molecule has 2 N–H and O–H groups in total.